The second kappa shape index (κ2) is 5.69. The summed E-state index contributed by atoms with van der Waals surface area (Å²) in [5, 5.41) is 9.52. The molecule has 0 spiro atoms. The fraction of sp³-hybridized carbons (Fsp3) is 0.250. The third-order valence-corrected chi connectivity index (χ3v) is 0.459. The normalized spacial score (nSPS) is 6.12. The maximum Gasteiger partial charge on any atom is 1.00 e. The number of hydrogen-bond acceptors (Lipinski definition) is 3. The van der Waals surface area contributed by atoms with Crippen molar-refractivity contribution in [3.8, 4) is 0 Å². The van der Waals surface area contributed by atoms with E-state index in [9.17, 15) is 14.7 Å². The molecular weight excluding hydrogens is 135 g/mol. The van der Waals surface area contributed by atoms with E-state index in [0.29, 0.717) is 0 Å². The Morgan fingerprint density at radius 1 is 1.62 bits per heavy atom. The van der Waals surface area contributed by atoms with Gasteiger partial charge in [0.2, 0.25) is 0 Å². The summed E-state index contributed by atoms with van der Waals surface area (Å²) in [7, 11) is 0. The molecule has 0 radical (unpaired) electrons. The molecular formula is C4H3KO3. The molecule has 0 bridgehead atoms. The fourth-order valence-electron chi connectivity index (χ4n) is 0.0417. The maximum absolute atomic E-state index is 9.52. The molecule has 0 aliphatic carbocycles. The van der Waals surface area contributed by atoms with Crippen LogP contribution in [-0.2, 0) is 9.59 Å². The molecule has 0 aliphatic heterocycles. The Hall–Kier alpha value is 0.556. The maximum atomic E-state index is 9.52. The van der Waals surface area contributed by atoms with E-state index in [-0.39, 0.29) is 51.4 Å². The molecule has 0 saturated heterocycles. The Balaban J connectivity index is 0. The minimum atomic E-state index is -1.46. The molecule has 0 aromatic heterocycles. The first-order valence-corrected chi connectivity index (χ1v) is 1.61. The van der Waals surface area contributed by atoms with E-state index >= 15 is 0 Å². The fourth-order valence-corrected chi connectivity index (χ4v) is 0.0417. The SMILES string of the molecule is CC(=C=O)C(=O)[O-].[K+]. The molecule has 0 fully saturated rings. The third-order valence-electron chi connectivity index (χ3n) is 0.459. The zero-order valence-electron chi connectivity index (χ0n) is 4.72. The van der Waals surface area contributed by atoms with E-state index in [1.165, 1.54) is 5.94 Å². The molecule has 0 atom stereocenters. The van der Waals surface area contributed by atoms with Crippen LogP contribution in [0.5, 0.6) is 0 Å². The molecule has 0 aromatic rings. The predicted octanol–water partition coefficient (Wildman–Crippen LogP) is -4.48. The zero-order valence-corrected chi connectivity index (χ0v) is 7.85. The summed E-state index contributed by atoms with van der Waals surface area (Å²) in [5.41, 5.74) is -0.403. The minimum absolute atomic E-state index is 0. The van der Waals surface area contributed by atoms with Crippen LogP contribution in [0.2, 0.25) is 0 Å². The van der Waals surface area contributed by atoms with Crippen LogP contribution in [0.15, 0.2) is 5.57 Å². The van der Waals surface area contributed by atoms with Crippen molar-refractivity contribution in [3.63, 3.8) is 0 Å². The predicted molar refractivity (Wildman–Crippen MR) is 19.9 cm³/mol. The van der Waals surface area contributed by atoms with Crippen LogP contribution in [0.4, 0.5) is 0 Å². The molecule has 38 valence electrons. The average molecular weight is 138 g/mol. The van der Waals surface area contributed by atoms with E-state index in [2.05, 4.69) is 0 Å². The van der Waals surface area contributed by atoms with Gasteiger partial charge in [0.15, 0.2) is 0 Å². The molecule has 3 nitrogen and oxygen atoms in total. The summed E-state index contributed by atoms with van der Waals surface area (Å²) in [6.07, 6.45) is 0. The Morgan fingerprint density at radius 2 is 2.00 bits per heavy atom. The molecule has 0 unspecified atom stereocenters. The van der Waals surface area contributed by atoms with Gasteiger partial charge in [-0.15, -0.1) is 0 Å². The summed E-state index contributed by atoms with van der Waals surface area (Å²) in [5.74, 6) is -0.294. The second-order valence-corrected chi connectivity index (χ2v) is 1.01. The first-order chi connectivity index (χ1) is 3.18. The van der Waals surface area contributed by atoms with Crippen molar-refractivity contribution >= 4 is 11.9 Å². The van der Waals surface area contributed by atoms with Crippen molar-refractivity contribution in [2.45, 2.75) is 6.92 Å². The largest absolute Gasteiger partial charge is 1.00 e. The second-order valence-electron chi connectivity index (χ2n) is 1.01. The van der Waals surface area contributed by atoms with Gasteiger partial charge in [-0.1, -0.05) is 0 Å². The Labute approximate surface area is 89.2 Å². The van der Waals surface area contributed by atoms with Gasteiger partial charge < -0.3 is 9.90 Å². The summed E-state index contributed by atoms with van der Waals surface area (Å²) in [6, 6.07) is 0. The molecule has 4 heteroatoms. The van der Waals surface area contributed by atoms with Crippen molar-refractivity contribution in [2.24, 2.45) is 0 Å². The Morgan fingerprint density at radius 3 is 2.00 bits per heavy atom. The molecule has 0 N–H and O–H groups in total. The summed E-state index contributed by atoms with van der Waals surface area (Å²) in [6.45, 7) is 1.13. The average Bonchev–Trinajstić information content (AvgIpc) is 1.65. The van der Waals surface area contributed by atoms with Gasteiger partial charge in [0, 0.05) is 0 Å². The quantitative estimate of drug-likeness (QED) is 0.208. The summed E-state index contributed by atoms with van der Waals surface area (Å²) < 4.78 is 0. The molecule has 0 heterocycles. The van der Waals surface area contributed by atoms with E-state index in [4.69, 9.17) is 0 Å². The van der Waals surface area contributed by atoms with Gasteiger partial charge in [-0.3, -0.25) is 0 Å². The molecule has 8 heavy (non-hydrogen) atoms. The first kappa shape index (κ1) is 11.4. The van der Waals surface area contributed by atoms with Gasteiger partial charge in [-0.2, -0.15) is 0 Å². The number of carbonyl (C=O) groups excluding carboxylic acids is 2. The standard InChI is InChI=1S/C4H4O3.K/c1-3(2-5)4(6)7;/h1H3,(H,6,7);/q;+1/p-1. The zero-order chi connectivity index (χ0) is 5.86. The number of carboxylic acid groups (broad SMARTS) is 1. The topological polar surface area (TPSA) is 57.2 Å². The number of rotatable bonds is 1. The van der Waals surface area contributed by atoms with Crippen LogP contribution in [0.25, 0.3) is 0 Å². The van der Waals surface area contributed by atoms with Gasteiger partial charge in [-0.05, 0) is 6.92 Å². The number of hydrogen-bond donors (Lipinski definition) is 0. The van der Waals surface area contributed by atoms with Crippen LogP contribution >= 0.6 is 0 Å². The minimum Gasteiger partial charge on any atom is -0.544 e. The van der Waals surface area contributed by atoms with Crippen molar-refractivity contribution in [2.75, 3.05) is 0 Å². The van der Waals surface area contributed by atoms with Gasteiger partial charge in [0.05, 0.1) is 11.5 Å². The molecule has 0 aromatic carbocycles. The van der Waals surface area contributed by atoms with Crippen LogP contribution in [-0.4, -0.2) is 11.9 Å². The van der Waals surface area contributed by atoms with Gasteiger partial charge >= 0.3 is 51.4 Å². The number of carboxylic acids is 1. The third kappa shape index (κ3) is 4.71. The molecule has 0 aliphatic rings. The molecule has 0 rings (SSSR count). The first-order valence-electron chi connectivity index (χ1n) is 1.61. The van der Waals surface area contributed by atoms with Crippen LogP contribution < -0.4 is 56.5 Å². The van der Waals surface area contributed by atoms with Gasteiger partial charge in [0.1, 0.15) is 5.94 Å². The van der Waals surface area contributed by atoms with Crippen LogP contribution in [0, 0.1) is 0 Å². The van der Waals surface area contributed by atoms with Crippen molar-refractivity contribution in [1.82, 2.24) is 0 Å². The smallest absolute Gasteiger partial charge is 0.544 e. The van der Waals surface area contributed by atoms with Crippen molar-refractivity contribution in [1.29, 1.82) is 0 Å². The van der Waals surface area contributed by atoms with Gasteiger partial charge in [0.25, 0.3) is 0 Å². The van der Waals surface area contributed by atoms with E-state index in [1.807, 2.05) is 0 Å². The van der Waals surface area contributed by atoms with Gasteiger partial charge in [-0.25, -0.2) is 4.79 Å². The molecule has 0 amide bonds. The van der Waals surface area contributed by atoms with Crippen molar-refractivity contribution < 1.29 is 66.1 Å². The Bertz CT molecular complexity index is 134. The number of carbonyl (C=O) groups is 1. The Kier molecular flexibility index (Phi) is 8.08. The number of aliphatic carboxylic acids is 1. The van der Waals surface area contributed by atoms with E-state index in [0.717, 1.165) is 6.92 Å². The summed E-state index contributed by atoms with van der Waals surface area (Å²) in [4.78, 5) is 18.9. The van der Waals surface area contributed by atoms with E-state index < -0.39 is 11.5 Å². The molecule has 0 saturated carbocycles. The van der Waals surface area contributed by atoms with Crippen molar-refractivity contribution in [3.05, 3.63) is 5.57 Å². The van der Waals surface area contributed by atoms with Crippen LogP contribution in [0.1, 0.15) is 6.92 Å². The van der Waals surface area contributed by atoms with Crippen LogP contribution in [0.3, 0.4) is 0 Å². The summed E-state index contributed by atoms with van der Waals surface area (Å²) >= 11 is 0. The van der Waals surface area contributed by atoms with E-state index in [1.54, 1.807) is 0 Å². The monoisotopic (exact) mass is 138 g/mol.